The van der Waals surface area contributed by atoms with E-state index in [-0.39, 0.29) is 0 Å². The Morgan fingerprint density at radius 2 is 2.06 bits per heavy atom. The molecule has 0 amide bonds. The van der Waals surface area contributed by atoms with E-state index in [1.807, 2.05) is 24.3 Å². The zero-order valence-corrected chi connectivity index (χ0v) is 9.91. The zero-order chi connectivity index (χ0) is 11.4. The maximum atomic E-state index is 12.8. The summed E-state index contributed by atoms with van der Waals surface area (Å²) in [5.41, 5.74) is 1.08. The number of benzene rings is 1. The normalized spacial score (nSPS) is 10.1. The molecule has 0 atom stereocenters. The van der Waals surface area contributed by atoms with Crippen molar-refractivity contribution in [2.24, 2.45) is 0 Å². The lowest BCUT2D eigenvalue weighted by Gasteiger charge is -2.06. The van der Waals surface area contributed by atoms with Gasteiger partial charge in [0.15, 0.2) is 0 Å². The molecular formula is C11H9BrFN3. The fourth-order valence-electron chi connectivity index (χ4n) is 1.26. The summed E-state index contributed by atoms with van der Waals surface area (Å²) in [7, 11) is 0. The number of nitrogens with one attached hydrogen (secondary N) is 1. The summed E-state index contributed by atoms with van der Waals surface area (Å²) in [5, 5.41) is 3.02. The molecule has 5 heteroatoms. The summed E-state index contributed by atoms with van der Waals surface area (Å²) >= 11 is 3.44. The van der Waals surface area contributed by atoms with E-state index in [2.05, 4.69) is 31.2 Å². The summed E-state index contributed by atoms with van der Waals surface area (Å²) in [6.45, 7) is 0.581. The molecular weight excluding hydrogens is 273 g/mol. The fourth-order valence-corrected chi connectivity index (χ4v) is 1.68. The molecule has 2 aromatic rings. The molecule has 1 aromatic heterocycles. The van der Waals surface area contributed by atoms with Crippen LogP contribution < -0.4 is 5.32 Å². The molecule has 0 saturated heterocycles. The molecule has 0 radical (unpaired) electrons. The highest BCUT2D eigenvalue weighted by molar-refractivity contribution is 9.10. The predicted octanol–water partition coefficient (Wildman–Crippen LogP) is 2.99. The van der Waals surface area contributed by atoms with Gasteiger partial charge in [-0.25, -0.2) is 9.97 Å². The third-order valence-electron chi connectivity index (χ3n) is 2.05. The molecule has 0 spiro atoms. The highest BCUT2D eigenvalue weighted by Gasteiger charge is 2.00. The van der Waals surface area contributed by atoms with Crippen LogP contribution in [0.3, 0.4) is 0 Å². The molecule has 0 unspecified atom stereocenters. The van der Waals surface area contributed by atoms with Crippen LogP contribution >= 0.6 is 15.9 Å². The summed E-state index contributed by atoms with van der Waals surface area (Å²) in [6, 6.07) is 9.09. The minimum absolute atomic E-state index is 0.475. The van der Waals surface area contributed by atoms with Crippen LogP contribution in [0.2, 0.25) is 0 Å². The van der Waals surface area contributed by atoms with Crippen molar-refractivity contribution in [3.05, 3.63) is 52.6 Å². The zero-order valence-electron chi connectivity index (χ0n) is 8.32. The first-order valence-corrected chi connectivity index (χ1v) is 5.50. The Hall–Kier alpha value is -1.49. The van der Waals surface area contributed by atoms with Crippen LogP contribution in [-0.2, 0) is 6.54 Å². The van der Waals surface area contributed by atoms with Crippen LogP contribution in [0.1, 0.15) is 5.56 Å². The van der Waals surface area contributed by atoms with Crippen molar-refractivity contribution in [3.63, 3.8) is 0 Å². The van der Waals surface area contributed by atoms with Crippen molar-refractivity contribution in [2.45, 2.75) is 6.54 Å². The van der Waals surface area contributed by atoms with Crippen LogP contribution in [0.15, 0.2) is 41.1 Å². The largest absolute Gasteiger partial charge is 0.366 e. The van der Waals surface area contributed by atoms with Crippen molar-refractivity contribution in [2.75, 3.05) is 5.32 Å². The third kappa shape index (κ3) is 2.76. The Balaban J connectivity index is 2.05. The standard InChI is InChI=1S/C11H9BrFN3/c12-9-4-2-1-3-8(9)6-14-11-5-10(13)15-7-16-11/h1-5,7H,6H2,(H,14,15,16). The van der Waals surface area contributed by atoms with Crippen molar-refractivity contribution in [1.82, 2.24) is 9.97 Å². The maximum absolute atomic E-state index is 12.8. The number of anilines is 1. The van der Waals surface area contributed by atoms with Gasteiger partial charge in [-0.2, -0.15) is 4.39 Å². The number of rotatable bonds is 3. The molecule has 2 rings (SSSR count). The van der Waals surface area contributed by atoms with Crippen LogP contribution in [0, 0.1) is 5.95 Å². The fraction of sp³-hybridized carbons (Fsp3) is 0.0909. The van der Waals surface area contributed by atoms with E-state index in [1.54, 1.807) is 0 Å². The lowest BCUT2D eigenvalue weighted by Crippen LogP contribution is -2.02. The molecule has 3 nitrogen and oxygen atoms in total. The lowest BCUT2D eigenvalue weighted by molar-refractivity contribution is 0.580. The second-order valence-corrected chi connectivity index (χ2v) is 4.03. The van der Waals surface area contributed by atoms with E-state index in [4.69, 9.17) is 0 Å². The van der Waals surface area contributed by atoms with Crippen molar-refractivity contribution >= 4 is 21.7 Å². The molecule has 0 aliphatic rings. The molecule has 0 fully saturated rings. The first kappa shape index (κ1) is 11.0. The van der Waals surface area contributed by atoms with Crippen LogP contribution in [0.25, 0.3) is 0 Å². The van der Waals surface area contributed by atoms with E-state index < -0.39 is 5.95 Å². The second kappa shape index (κ2) is 5.03. The molecule has 1 aromatic carbocycles. The topological polar surface area (TPSA) is 37.8 Å². The molecule has 0 saturated carbocycles. The maximum Gasteiger partial charge on any atom is 0.217 e. The van der Waals surface area contributed by atoms with Gasteiger partial charge < -0.3 is 5.32 Å². The minimum Gasteiger partial charge on any atom is -0.366 e. The number of nitrogens with zero attached hydrogens (tertiary/aromatic N) is 2. The quantitative estimate of drug-likeness (QED) is 0.879. The number of hydrogen-bond donors (Lipinski definition) is 1. The average molecular weight is 282 g/mol. The van der Waals surface area contributed by atoms with Crippen molar-refractivity contribution in [3.8, 4) is 0 Å². The number of hydrogen-bond acceptors (Lipinski definition) is 3. The van der Waals surface area contributed by atoms with Gasteiger partial charge in [-0.1, -0.05) is 34.1 Å². The predicted molar refractivity (Wildman–Crippen MR) is 63.5 cm³/mol. The summed E-state index contributed by atoms with van der Waals surface area (Å²) < 4.78 is 13.8. The first-order chi connectivity index (χ1) is 7.75. The van der Waals surface area contributed by atoms with Gasteiger partial charge in [0.05, 0.1) is 0 Å². The molecule has 16 heavy (non-hydrogen) atoms. The SMILES string of the molecule is Fc1cc(NCc2ccccc2Br)ncn1. The van der Waals surface area contributed by atoms with Gasteiger partial charge in [-0.15, -0.1) is 0 Å². The van der Waals surface area contributed by atoms with E-state index in [9.17, 15) is 4.39 Å². The number of aromatic nitrogens is 2. The van der Waals surface area contributed by atoms with Gasteiger partial charge >= 0.3 is 0 Å². The Morgan fingerprint density at radius 3 is 2.81 bits per heavy atom. The summed E-state index contributed by atoms with van der Waals surface area (Å²) in [6.07, 6.45) is 1.19. The van der Waals surface area contributed by atoms with Crippen LogP contribution in [0.5, 0.6) is 0 Å². The van der Waals surface area contributed by atoms with Gasteiger partial charge in [-0.05, 0) is 11.6 Å². The van der Waals surface area contributed by atoms with Crippen molar-refractivity contribution in [1.29, 1.82) is 0 Å². The van der Waals surface area contributed by atoms with Gasteiger partial charge in [0.2, 0.25) is 5.95 Å². The van der Waals surface area contributed by atoms with Gasteiger partial charge in [0.1, 0.15) is 12.1 Å². The summed E-state index contributed by atoms with van der Waals surface area (Å²) in [5.74, 6) is -0.0621. The number of halogens is 2. The molecule has 0 aliphatic heterocycles. The second-order valence-electron chi connectivity index (χ2n) is 3.17. The molecule has 0 bridgehead atoms. The van der Waals surface area contributed by atoms with Gasteiger partial charge in [0, 0.05) is 17.1 Å². The smallest absolute Gasteiger partial charge is 0.217 e. The Morgan fingerprint density at radius 1 is 1.25 bits per heavy atom. The monoisotopic (exact) mass is 281 g/mol. The Bertz CT molecular complexity index is 490. The average Bonchev–Trinajstić information content (AvgIpc) is 2.28. The van der Waals surface area contributed by atoms with E-state index in [0.29, 0.717) is 12.4 Å². The first-order valence-electron chi connectivity index (χ1n) is 4.70. The molecule has 1 N–H and O–H groups in total. The molecule has 82 valence electrons. The van der Waals surface area contributed by atoms with Gasteiger partial charge in [-0.3, -0.25) is 0 Å². The summed E-state index contributed by atoms with van der Waals surface area (Å²) in [4.78, 5) is 7.29. The highest BCUT2D eigenvalue weighted by atomic mass is 79.9. The Labute approximate surface area is 101 Å². The minimum atomic E-state index is -0.537. The molecule has 1 heterocycles. The van der Waals surface area contributed by atoms with Crippen LogP contribution in [-0.4, -0.2) is 9.97 Å². The van der Waals surface area contributed by atoms with E-state index >= 15 is 0 Å². The van der Waals surface area contributed by atoms with Crippen LogP contribution in [0.4, 0.5) is 10.2 Å². The Kier molecular flexibility index (Phi) is 3.46. The molecule has 0 aliphatic carbocycles. The highest BCUT2D eigenvalue weighted by Crippen LogP contribution is 2.16. The van der Waals surface area contributed by atoms with Crippen molar-refractivity contribution < 1.29 is 4.39 Å². The third-order valence-corrected chi connectivity index (χ3v) is 2.83. The lowest BCUT2D eigenvalue weighted by atomic mass is 10.2. The van der Waals surface area contributed by atoms with E-state index in [1.165, 1.54) is 12.4 Å². The van der Waals surface area contributed by atoms with Gasteiger partial charge in [0.25, 0.3) is 0 Å². The van der Waals surface area contributed by atoms with E-state index in [0.717, 1.165) is 10.0 Å².